The third-order valence-corrected chi connectivity index (χ3v) is 6.95. The average molecular weight is 526 g/mol. The highest BCUT2D eigenvalue weighted by Crippen LogP contribution is 2.34. The van der Waals surface area contributed by atoms with Crippen LogP contribution < -0.4 is 10.1 Å². The summed E-state index contributed by atoms with van der Waals surface area (Å²) in [5, 5.41) is 2.29. The Labute approximate surface area is 224 Å². The van der Waals surface area contributed by atoms with Crippen molar-refractivity contribution in [2.75, 3.05) is 13.1 Å². The molecule has 8 nitrogen and oxygen atoms in total. The molecule has 3 amide bonds. The fourth-order valence-corrected chi connectivity index (χ4v) is 5.65. The highest BCUT2D eigenvalue weighted by atomic mass is 19.1. The highest BCUT2D eigenvalue weighted by molar-refractivity contribution is 6.05. The SMILES string of the molecule is [2H]C([2H])(c1ccc(F)c(COc2cccc3c2CN(C2CCC(=O)NC2=O)C3=O)c1)N1CC(C)(C)OC(C)(C)C1. The molecule has 3 aliphatic heterocycles. The smallest absolute Gasteiger partial charge is 0.255 e. The van der Waals surface area contributed by atoms with E-state index in [0.29, 0.717) is 35.5 Å². The Bertz CT molecular complexity index is 1360. The van der Waals surface area contributed by atoms with E-state index in [9.17, 15) is 18.8 Å². The maximum Gasteiger partial charge on any atom is 0.255 e. The summed E-state index contributed by atoms with van der Waals surface area (Å²) in [6.07, 6.45) is 0.403. The van der Waals surface area contributed by atoms with Crippen LogP contribution in [0.25, 0.3) is 0 Å². The monoisotopic (exact) mass is 525 g/mol. The Kier molecular flexibility index (Phi) is 6.12. The normalized spacial score (nSPS) is 24.0. The number of morpholine rings is 1. The van der Waals surface area contributed by atoms with E-state index in [0.717, 1.165) is 0 Å². The predicted octanol–water partition coefficient (Wildman–Crippen LogP) is 3.56. The van der Waals surface area contributed by atoms with Gasteiger partial charge in [-0.3, -0.25) is 24.6 Å². The molecule has 0 spiro atoms. The molecular weight excluding hydrogens is 489 g/mol. The van der Waals surface area contributed by atoms with Gasteiger partial charge in [-0.25, -0.2) is 4.39 Å². The van der Waals surface area contributed by atoms with Gasteiger partial charge in [-0.1, -0.05) is 12.1 Å². The van der Waals surface area contributed by atoms with Crippen molar-refractivity contribution >= 4 is 17.7 Å². The Morgan fingerprint density at radius 3 is 2.58 bits per heavy atom. The van der Waals surface area contributed by atoms with Gasteiger partial charge in [-0.05, 0) is 63.9 Å². The fraction of sp³-hybridized carbons (Fsp3) is 0.483. The fourth-order valence-electron chi connectivity index (χ4n) is 5.65. The molecule has 0 aliphatic carbocycles. The standard InChI is InChI=1S/C29H34FN3O5/c1-28(2)16-32(17-29(3,4)38-28)13-18-8-9-22(30)19(12-18)15-37-24-7-5-6-20-21(24)14-33(27(20)36)23-10-11-25(34)31-26(23)35/h5-9,12,23H,10-11,13-17H2,1-4H3,(H,31,34,35)/i13D2. The van der Waals surface area contributed by atoms with Gasteiger partial charge in [-0.2, -0.15) is 0 Å². The molecule has 0 saturated carbocycles. The van der Waals surface area contributed by atoms with Crippen LogP contribution in [0.5, 0.6) is 5.75 Å². The van der Waals surface area contributed by atoms with Crippen molar-refractivity contribution in [2.24, 2.45) is 0 Å². The predicted molar refractivity (Wildman–Crippen MR) is 138 cm³/mol. The van der Waals surface area contributed by atoms with E-state index in [1.54, 1.807) is 23.1 Å². The third-order valence-electron chi connectivity index (χ3n) is 6.95. The first-order valence-corrected chi connectivity index (χ1v) is 12.8. The van der Waals surface area contributed by atoms with Gasteiger partial charge < -0.3 is 14.4 Å². The molecule has 1 N–H and O–H groups in total. The van der Waals surface area contributed by atoms with Gasteiger partial charge in [0.05, 0.1) is 17.7 Å². The van der Waals surface area contributed by atoms with Crippen molar-refractivity contribution < 1.29 is 31.0 Å². The number of rotatable bonds is 6. The number of halogens is 1. The second-order valence-corrected chi connectivity index (χ2v) is 11.4. The van der Waals surface area contributed by atoms with Crippen molar-refractivity contribution in [1.29, 1.82) is 0 Å². The number of imide groups is 1. The molecule has 9 heteroatoms. The summed E-state index contributed by atoms with van der Waals surface area (Å²) in [5.74, 6) is -1.34. The van der Waals surface area contributed by atoms with Crippen LogP contribution in [0.2, 0.25) is 0 Å². The second-order valence-electron chi connectivity index (χ2n) is 11.4. The number of piperidine rings is 1. The van der Waals surface area contributed by atoms with Crippen LogP contribution >= 0.6 is 0 Å². The van der Waals surface area contributed by atoms with Gasteiger partial charge in [0.15, 0.2) is 0 Å². The van der Waals surface area contributed by atoms with Crippen LogP contribution in [0.15, 0.2) is 36.4 Å². The molecule has 2 aromatic carbocycles. The van der Waals surface area contributed by atoms with Crippen molar-refractivity contribution in [1.82, 2.24) is 15.1 Å². The van der Waals surface area contributed by atoms with E-state index in [1.165, 1.54) is 23.1 Å². The molecule has 1 atom stereocenters. The number of nitrogens with zero attached hydrogens (tertiary/aromatic N) is 2. The van der Waals surface area contributed by atoms with E-state index in [-0.39, 0.29) is 43.4 Å². The van der Waals surface area contributed by atoms with Crippen LogP contribution in [0.1, 0.15) is 70.3 Å². The Morgan fingerprint density at radius 2 is 1.87 bits per heavy atom. The van der Waals surface area contributed by atoms with Gasteiger partial charge in [0.2, 0.25) is 11.8 Å². The lowest BCUT2D eigenvalue weighted by molar-refractivity contribution is -0.182. The minimum absolute atomic E-state index is 0.129. The molecule has 0 bridgehead atoms. The molecule has 0 radical (unpaired) electrons. The molecule has 2 saturated heterocycles. The highest BCUT2D eigenvalue weighted by Gasteiger charge is 2.40. The summed E-state index contributed by atoms with van der Waals surface area (Å²) >= 11 is 0. The number of amides is 3. The number of fused-ring (bicyclic) bond motifs is 1. The molecule has 3 heterocycles. The molecule has 5 rings (SSSR count). The first kappa shape index (κ1) is 23.8. The van der Waals surface area contributed by atoms with Crippen LogP contribution in [-0.4, -0.2) is 57.9 Å². The summed E-state index contributed by atoms with van der Waals surface area (Å²) in [6.45, 7) is 6.47. The number of benzene rings is 2. The number of carbonyl (C=O) groups is 3. The number of nitrogens with one attached hydrogen (secondary N) is 1. The molecule has 3 aliphatic rings. The van der Waals surface area contributed by atoms with E-state index in [2.05, 4.69) is 5.32 Å². The lowest BCUT2D eigenvalue weighted by atomic mass is 9.98. The van der Waals surface area contributed by atoms with Gasteiger partial charge >= 0.3 is 0 Å². The number of hydrogen-bond acceptors (Lipinski definition) is 6. The number of ether oxygens (including phenoxy) is 2. The average Bonchev–Trinajstić information content (AvgIpc) is 3.18. The Morgan fingerprint density at radius 1 is 1.13 bits per heavy atom. The van der Waals surface area contributed by atoms with E-state index in [4.69, 9.17) is 12.2 Å². The Balaban J connectivity index is 1.35. The van der Waals surface area contributed by atoms with Crippen LogP contribution in [-0.2, 0) is 34.0 Å². The molecule has 202 valence electrons. The van der Waals surface area contributed by atoms with Crippen molar-refractivity contribution in [3.05, 3.63) is 64.5 Å². The minimum Gasteiger partial charge on any atom is -0.488 e. The zero-order chi connectivity index (χ0) is 29.0. The Hall–Kier alpha value is -3.30. The molecule has 1 unspecified atom stereocenters. The zero-order valence-electron chi connectivity index (χ0n) is 24.1. The summed E-state index contributed by atoms with van der Waals surface area (Å²) in [7, 11) is 0. The second kappa shape index (κ2) is 9.78. The maximum absolute atomic E-state index is 14.9. The largest absolute Gasteiger partial charge is 0.488 e. The summed E-state index contributed by atoms with van der Waals surface area (Å²) < 4.78 is 44.8. The summed E-state index contributed by atoms with van der Waals surface area (Å²) in [5.41, 5.74) is 0.338. The van der Waals surface area contributed by atoms with Crippen molar-refractivity contribution in [3.8, 4) is 5.75 Å². The van der Waals surface area contributed by atoms with Crippen LogP contribution in [0.4, 0.5) is 4.39 Å². The molecule has 2 aromatic rings. The van der Waals surface area contributed by atoms with E-state index in [1.807, 2.05) is 27.7 Å². The lowest BCUT2D eigenvalue weighted by Crippen LogP contribution is -2.56. The summed E-state index contributed by atoms with van der Waals surface area (Å²) in [6, 6.07) is 8.41. The number of hydrogen-bond donors (Lipinski definition) is 1. The molecule has 38 heavy (non-hydrogen) atoms. The van der Waals surface area contributed by atoms with Gasteiger partial charge in [0, 0.05) is 45.4 Å². The van der Waals surface area contributed by atoms with Gasteiger partial charge in [0.1, 0.15) is 24.2 Å². The zero-order valence-corrected chi connectivity index (χ0v) is 22.1. The van der Waals surface area contributed by atoms with Gasteiger partial charge in [0.25, 0.3) is 5.91 Å². The van der Waals surface area contributed by atoms with Crippen LogP contribution in [0, 0.1) is 5.82 Å². The molecular formula is C29H34FN3O5. The maximum atomic E-state index is 14.9. The van der Waals surface area contributed by atoms with Crippen molar-refractivity contribution in [3.63, 3.8) is 0 Å². The topological polar surface area (TPSA) is 88.2 Å². The molecule has 0 aromatic heterocycles. The lowest BCUT2D eigenvalue weighted by Gasteiger charge is -2.47. The molecule has 2 fully saturated rings. The third kappa shape index (κ3) is 5.44. The first-order chi connectivity index (χ1) is 18.7. The van der Waals surface area contributed by atoms with Crippen molar-refractivity contribution in [2.45, 2.75) is 77.4 Å². The minimum atomic E-state index is -1.89. The van der Waals surface area contributed by atoms with E-state index < -0.39 is 35.5 Å². The number of carbonyl (C=O) groups excluding carboxylic acids is 3. The van der Waals surface area contributed by atoms with E-state index >= 15 is 0 Å². The van der Waals surface area contributed by atoms with Gasteiger partial charge in [-0.15, -0.1) is 0 Å². The first-order valence-electron chi connectivity index (χ1n) is 13.8. The quantitative estimate of drug-likeness (QED) is 0.581. The van der Waals surface area contributed by atoms with Crippen LogP contribution in [0.3, 0.4) is 0 Å². The summed E-state index contributed by atoms with van der Waals surface area (Å²) in [4.78, 5) is 40.2.